The first-order valence-corrected chi connectivity index (χ1v) is 9.93. The lowest BCUT2D eigenvalue weighted by molar-refractivity contribution is -0.116. The molecule has 0 spiro atoms. The number of benzene rings is 1. The summed E-state index contributed by atoms with van der Waals surface area (Å²) in [4.78, 5) is 31.4. The van der Waals surface area contributed by atoms with E-state index >= 15 is 0 Å². The minimum Gasteiger partial charge on any atom is -0.497 e. The first kappa shape index (κ1) is 19.1. The summed E-state index contributed by atoms with van der Waals surface area (Å²) in [6.07, 6.45) is 0. The van der Waals surface area contributed by atoms with E-state index in [2.05, 4.69) is 10.3 Å². The van der Waals surface area contributed by atoms with Gasteiger partial charge in [-0.25, -0.2) is 4.98 Å². The molecule has 0 aliphatic carbocycles. The highest BCUT2D eigenvalue weighted by Crippen LogP contribution is 2.30. The maximum Gasteiger partial charge on any atom is 0.266 e. The summed E-state index contributed by atoms with van der Waals surface area (Å²) in [6.45, 7) is 1.76. The van der Waals surface area contributed by atoms with Crippen molar-refractivity contribution in [2.75, 3.05) is 26.0 Å². The SMILES string of the molecule is COc1ccc(NC(=O)CN(C)C(=O)c2sc(-c3ccsc3)nc2C)cc1. The van der Waals surface area contributed by atoms with E-state index in [9.17, 15) is 9.59 Å². The average molecular weight is 402 g/mol. The number of aromatic nitrogens is 1. The van der Waals surface area contributed by atoms with Crippen molar-refractivity contribution in [2.24, 2.45) is 0 Å². The van der Waals surface area contributed by atoms with E-state index in [4.69, 9.17) is 4.74 Å². The van der Waals surface area contributed by atoms with Crippen molar-refractivity contribution in [2.45, 2.75) is 6.92 Å². The summed E-state index contributed by atoms with van der Waals surface area (Å²) < 4.78 is 5.09. The third-order valence-corrected chi connectivity index (χ3v) is 5.74. The van der Waals surface area contributed by atoms with Crippen molar-refractivity contribution in [3.8, 4) is 16.3 Å². The number of ether oxygens (including phenoxy) is 1. The lowest BCUT2D eigenvalue weighted by Crippen LogP contribution is -2.34. The van der Waals surface area contributed by atoms with Gasteiger partial charge in [-0.05, 0) is 42.6 Å². The van der Waals surface area contributed by atoms with Crippen LogP contribution in [0.1, 0.15) is 15.4 Å². The smallest absolute Gasteiger partial charge is 0.266 e. The number of hydrogen-bond donors (Lipinski definition) is 1. The normalized spacial score (nSPS) is 10.5. The molecule has 0 saturated heterocycles. The van der Waals surface area contributed by atoms with Crippen molar-refractivity contribution in [3.05, 3.63) is 51.7 Å². The van der Waals surface area contributed by atoms with E-state index < -0.39 is 0 Å². The van der Waals surface area contributed by atoms with Crippen LogP contribution >= 0.6 is 22.7 Å². The molecular weight excluding hydrogens is 382 g/mol. The minimum absolute atomic E-state index is 0.0456. The molecule has 2 heterocycles. The van der Waals surface area contributed by atoms with E-state index in [1.165, 1.54) is 16.2 Å². The van der Waals surface area contributed by atoms with E-state index in [1.807, 2.05) is 23.8 Å². The topological polar surface area (TPSA) is 71.5 Å². The predicted octanol–water partition coefficient (Wildman–Crippen LogP) is 3.90. The van der Waals surface area contributed by atoms with Crippen molar-refractivity contribution in [3.63, 3.8) is 0 Å². The lowest BCUT2D eigenvalue weighted by atomic mass is 10.3. The van der Waals surface area contributed by atoms with E-state index in [0.29, 0.717) is 22.0 Å². The Kier molecular flexibility index (Phi) is 5.88. The molecule has 2 amide bonds. The summed E-state index contributed by atoms with van der Waals surface area (Å²) in [7, 11) is 3.19. The number of thiophene rings is 1. The minimum atomic E-state index is -0.267. The average Bonchev–Trinajstić information content (AvgIpc) is 3.31. The number of rotatable bonds is 6. The van der Waals surface area contributed by atoms with Crippen molar-refractivity contribution in [1.82, 2.24) is 9.88 Å². The Morgan fingerprint density at radius 2 is 1.96 bits per heavy atom. The summed E-state index contributed by atoms with van der Waals surface area (Å²) in [5, 5.41) is 7.56. The van der Waals surface area contributed by atoms with Gasteiger partial charge in [0.2, 0.25) is 5.91 Å². The molecule has 0 atom stereocenters. The van der Waals surface area contributed by atoms with Crippen LogP contribution in [0.15, 0.2) is 41.1 Å². The van der Waals surface area contributed by atoms with Gasteiger partial charge in [-0.15, -0.1) is 11.3 Å². The van der Waals surface area contributed by atoms with Gasteiger partial charge in [-0.3, -0.25) is 9.59 Å². The highest BCUT2D eigenvalue weighted by Gasteiger charge is 2.21. The van der Waals surface area contributed by atoms with Gasteiger partial charge >= 0.3 is 0 Å². The summed E-state index contributed by atoms with van der Waals surface area (Å²) in [5.74, 6) is 0.231. The van der Waals surface area contributed by atoms with Crippen LogP contribution in [0.3, 0.4) is 0 Å². The van der Waals surface area contributed by atoms with Crippen LogP contribution in [-0.2, 0) is 4.79 Å². The number of nitrogens with zero attached hydrogens (tertiary/aromatic N) is 2. The molecule has 140 valence electrons. The molecule has 3 aromatic rings. The molecule has 1 N–H and O–H groups in total. The quantitative estimate of drug-likeness (QED) is 0.680. The highest BCUT2D eigenvalue weighted by atomic mass is 32.1. The summed E-state index contributed by atoms with van der Waals surface area (Å²) in [6, 6.07) is 9.00. The molecule has 3 rings (SSSR count). The maximum atomic E-state index is 12.7. The Morgan fingerprint density at radius 3 is 2.59 bits per heavy atom. The second kappa shape index (κ2) is 8.32. The van der Waals surface area contributed by atoms with E-state index in [1.54, 1.807) is 49.8 Å². The molecule has 0 aliphatic heterocycles. The summed E-state index contributed by atoms with van der Waals surface area (Å²) >= 11 is 2.93. The zero-order valence-electron chi connectivity index (χ0n) is 15.2. The number of methoxy groups -OCH3 is 1. The fourth-order valence-corrected chi connectivity index (χ4v) is 4.21. The van der Waals surface area contributed by atoms with Crippen LogP contribution in [0.25, 0.3) is 10.6 Å². The molecular formula is C19H19N3O3S2. The van der Waals surface area contributed by atoms with Crippen LogP contribution in [-0.4, -0.2) is 42.4 Å². The van der Waals surface area contributed by atoms with Crippen molar-refractivity contribution >= 4 is 40.2 Å². The van der Waals surface area contributed by atoms with Crippen LogP contribution in [0.2, 0.25) is 0 Å². The maximum absolute atomic E-state index is 12.7. The third-order valence-electron chi connectivity index (χ3n) is 3.86. The molecule has 8 heteroatoms. The van der Waals surface area contributed by atoms with Crippen molar-refractivity contribution < 1.29 is 14.3 Å². The zero-order chi connectivity index (χ0) is 19.4. The third kappa shape index (κ3) is 4.53. The Labute approximate surface area is 165 Å². The number of likely N-dealkylation sites (N-methyl/N-ethyl adjacent to an activating group) is 1. The number of thiazole rings is 1. The van der Waals surface area contributed by atoms with Crippen LogP contribution in [0.4, 0.5) is 5.69 Å². The van der Waals surface area contributed by atoms with Crippen LogP contribution < -0.4 is 10.1 Å². The Bertz CT molecular complexity index is 934. The molecule has 1 aromatic carbocycles. The molecule has 6 nitrogen and oxygen atoms in total. The molecule has 0 unspecified atom stereocenters. The van der Waals surface area contributed by atoms with E-state index in [-0.39, 0.29) is 18.4 Å². The largest absolute Gasteiger partial charge is 0.497 e. The standard InChI is InChI=1S/C19H19N3O3S2/c1-12-17(27-18(20-12)13-8-9-26-11-13)19(24)22(2)10-16(23)21-14-4-6-15(25-3)7-5-14/h4-9,11H,10H2,1-3H3,(H,21,23). The first-order valence-electron chi connectivity index (χ1n) is 8.17. The second-order valence-electron chi connectivity index (χ2n) is 5.88. The molecule has 0 fully saturated rings. The van der Waals surface area contributed by atoms with Gasteiger partial charge in [0.05, 0.1) is 19.3 Å². The molecule has 2 aromatic heterocycles. The molecule has 0 bridgehead atoms. The fraction of sp³-hybridized carbons (Fsp3) is 0.211. The van der Waals surface area contributed by atoms with Gasteiger partial charge in [0, 0.05) is 23.7 Å². The van der Waals surface area contributed by atoms with Gasteiger partial charge < -0.3 is 15.0 Å². The van der Waals surface area contributed by atoms with Gasteiger partial charge in [0.1, 0.15) is 15.6 Å². The lowest BCUT2D eigenvalue weighted by Gasteiger charge is -2.16. The number of carbonyl (C=O) groups excluding carboxylic acids is 2. The van der Waals surface area contributed by atoms with Crippen LogP contribution in [0, 0.1) is 6.92 Å². The molecule has 27 heavy (non-hydrogen) atoms. The van der Waals surface area contributed by atoms with Crippen LogP contribution in [0.5, 0.6) is 5.75 Å². The van der Waals surface area contributed by atoms with Gasteiger partial charge in [-0.2, -0.15) is 11.3 Å². The van der Waals surface area contributed by atoms with Gasteiger partial charge in [0.25, 0.3) is 5.91 Å². The zero-order valence-corrected chi connectivity index (χ0v) is 16.8. The Balaban J connectivity index is 1.64. The molecule has 0 radical (unpaired) electrons. The molecule has 0 saturated carbocycles. The Hall–Kier alpha value is -2.71. The summed E-state index contributed by atoms with van der Waals surface area (Å²) in [5.41, 5.74) is 2.33. The molecule has 0 aliphatic rings. The first-order chi connectivity index (χ1) is 13.0. The van der Waals surface area contributed by atoms with Crippen molar-refractivity contribution in [1.29, 1.82) is 0 Å². The van der Waals surface area contributed by atoms with E-state index in [0.717, 1.165) is 10.6 Å². The number of hydrogen-bond acceptors (Lipinski definition) is 6. The number of anilines is 1. The second-order valence-corrected chi connectivity index (χ2v) is 7.66. The van der Waals surface area contributed by atoms with Gasteiger partial charge in [0.15, 0.2) is 0 Å². The number of nitrogens with one attached hydrogen (secondary N) is 1. The Morgan fingerprint density at radius 1 is 1.22 bits per heavy atom. The number of carbonyl (C=O) groups is 2. The fourth-order valence-electron chi connectivity index (χ4n) is 2.44. The predicted molar refractivity (Wildman–Crippen MR) is 109 cm³/mol. The highest BCUT2D eigenvalue weighted by molar-refractivity contribution is 7.17. The number of aryl methyl sites for hydroxylation is 1. The monoisotopic (exact) mass is 401 g/mol. The number of amides is 2. The van der Waals surface area contributed by atoms with Gasteiger partial charge in [-0.1, -0.05) is 0 Å².